The second-order valence-electron chi connectivity index (χ2n) is 10.4. The van der Waals surface area contributed by atoms with Crippen LogP contribution in [0.3, 0.4) is 0 Å². The van der Waals surface area contributed by atoms with E-state index < -0.39 is 11.7 Å². The van der Waals surface area contributed by atoms with Crippen molar-refractivity contribution in [3.05, 3.63) is 76.2 Å². The van der Waals surface area contributed by atoms with Gasteiger partial charge in [0, 0.05) is 23.4 Å². The van der Waals surface area contributed by atoms with Crippen LogP contribution in [0.4, 0.5) is 15.3 Å². The molecule has 0 spiro atoms. The number of aryl methyl sites for hydroxylation is 1. The number of amides is 2. The van der Waals surface area contributed by atoms with Crippen molar-refractivity contribution in [1.29, 1.82) is 0 Å². The number of alkyl carbamates (subject to hydrolysis) is 1. The number of carbonyl (C=O) groups excluding carboxylic acids is 2. The largest absolute Gasteiger partial charge is 0.444 e. The van der Waals surface area contributed by atoms with Crippen molar-refractivity contribution in [2.75, 3.05) is 5.32 Å². The van der Waals surface area contributed by atoms with E-state index in [9.17, 15) is 9.59 Å². The summed E-state index contributed by atoms with van der Waals surface area (Å²) in [6.45, 7) is 7.38. The summed E-state index contributed by atoms with van der Waals surface area (Å²) in [5.41, 5.74) is 2.21. The summed E-state index contributed by atoms with van der Waals surface area (Å²) in [6.07, 6.45) is 5.68. The smallest absolute Gasteiger partial charge is 0.407 e. The van der Waals surface area contributed by atoms with Crippen molar-refractivity contribution in [3.8, 4) is 11.8 Å². The number of anilines is 1. The van der Waals surface area contributed by atoms with E-state index in [0.29, 0.717) is 11.5 Å². The Balaban J connectivity index is 0.00000420. The van der Waals surface area contributed by atoms with Crippen molar-refractivity contribution < 1.29 is 19.0 Å². The lowest BCUT2D eigenvalue weighted by Gasteiger charge is -2.30. The maximum atomic E-state index is 13.3. The molecule has 0 unspecified atom stereocenters. The number of hydrogen-bond acceptors (Lipinski definition) is 5. The molecule has 0 atom stereocenters. The van der Waals surface area contributed by atoms with Gasteiger partial charge in [-0.3, -0.25) is 14.2 Å². The molecule has 2 aromatic heterocycles. The fourth-order valence-electron chi connectivity index (χ4n) is 4.38. The van der Waals surface area contributed by atoms with Gasteiger partial charge in [-0.25, -0.2) is 9.78 Å². The van der Waals surface area contributed by atoms with Gasteiger partial charge >= 0.3 is 6.09 Å². The quantitative estimate of drug-likeness (QED) is 0.383. The lowest BCUT2D eigenvalue weighted by Crippen LogP contribution is -2.41. The van der Waals surface area contributed by atoms with E-state index in [-0.39, 0.29) is 27.7 Å². The minimum atomic E-state index is -0.543. The van der Waals surface area contributed by atoms with Crippen molar-refractivity contribution in [2.24, 2.45) is 0 Å². The zero-order valence-corrected chi connectivity index (χ0v) is 23.2. The zero-order valence-electron chi connectivity index (χ0n) is 22.5. The second kappa shape index (κ2) is 12.8. The number of ether oxygens (including phenoxy) is 1. The highest BCUT2D eigenvalue weighted by Crippen LogP contribution is 2.31. The molecule has 1 aliphatic carbocycles. The van der Waals surface area contributed by atoms with Crippen LogP contribution in [0.25, 0.3) is 0 Å². The molecular formula is C29H33ClFN5O3. The van der Waals surface area contributed by atoms with Crippen LogP contribution in [-0.2, 0) is 4.74 Å². The van der Waals surface area contributed by atoms with Gasteiger partial charge in [0.2, 0.25) is 0 Å². The number of pyridine rings is 1. The van der Waals surface area contributed by atoms with Gasteiger partial charge in [0.25, 0.3) is 5.91 Å². The maximum absolute atomic E-state index is 13.3. The van der Waals surface area contributed by atoms with Gasteiger partial charge in [-0.2, -0.15) is 5.10 Å². The Bertz CT molecular complexity index is 1370. The van der Waals surface area contributed by atoms with Crippen LogP contribution < -0.4 is 10.6 Å². The van der Waals surface area contributed by atoms with Crippen LogP contribution in [0.1, 0.15) is 79.7 Å². The molecule has 4 rings (SSSR count). The van der Waals surface area contributed by atoms with Crippen molar-refractivity contribution in [1.82, 2.24) is 20.1 Å². The molecule has 0 radical (unpaired) electrons. The highest BCUT2D eigenvalue weighted by atomic mass is 35.5. The number of carbonyl (C=O) groups is 2. The Hall–Kier alpha value is -3.90. The molecule has 3 aromatic rings. The van der Waals surface area contributed by atoms with Gasteiger partial charge in [0.05, 0.1) is 17.3 Å². The van der Waals surface area contributed by atoms with Gasteiger partial charge in [-0.15, -0.1) is 0 Å². The number of hydrogen-bond donors (Lipinski definition) is 2. The van der Waals surface area contributed by atoms with Gasteiger partial charge in [-0.05, 0) is 77.1 Å². The predicted molar refractivity (Wildman–Crippen MR) is 150 cm³/mol. The van der Waals surface area contributed by atoms with E-state index in [4.69, 9.17) is 16.3 Å². The summed E-state index contributed by atoms with van der Waals surface area (Å²) >= 11 is 6.39. The van der Waals surface area contributed by atoms with Gasteiger partial charge in [-0.1, -0.05) is 41.6 Å². The van der Waals surface area contributed by atoms with Crippen molar-refractivity contribution >= 4 is 29.4 Å². The second-order valence-corrected chi connectivity index (χ2v) is 10.8. The Morgan fingerprint density at radius 1 is 1.05 bits per heavy atom. The number of aromatic nitrogens is 3. The highest BCUT2D eigenvalue weighted by Gasteiger charge is 2.29. The first-order chi connectivity index (χ1) is 18.1. The molecule has 39 heavy (non-hydrogen) atoms. The topological polar surface area (TPSA) is 98.1 Å². The molecule has 2 amide bonds. The van der Waals surface area contributed by atoms with Crippen LogP contribution in [0, 0.1) is 18.8 Å². The summed E-state index contributed by atoms with van der Waals surface area (Å²) in [7, 11) is 0. The normalized spacial score (nSPS) is 16.7. The first-order valence-electron chi connectivity index (χ1n) is 12.7. The lowest BCUT2D eigenvalue weighted by molar-refractivity contribution is 0.0487. The third-order valence-corrected chi connectivity index (χ3v) is 6.44. The fraction of sp³-hybridized carbons (Fsp3) is 0.379. The average molecular weight is 554 g/mol. The molecular weight excluding hydrogens is 521 g/mol. The third kappa shape index (κ3) is 8.04. The minimum absolute atomic E-state index is 0. The summed E-state index contributed by atoms with van der Waals surface area (Å²) < 4.78 is 7.05. The Kier molecular flexibility index (Phi) is 9.71. The first-order valence-corrected chi connectivity index (χ1v) is 13.0. The van der Waals surface area contributed by atoms with E-state index in [1.54, 1.807) is 10.9 Å². The highest BCUT2D eigenvalue weighted by molar-refractivity contribution is 6.34. The molecule has 2 heterocycles. The lowest BCUT2D eigenvalue weighted by atomic mass is 9.91. The van der Waals surface area contributed by atoms with Crippen LogP contribution in [0.2, 0.25) is 5.02 Å². The van der Waals surface area contributed by atoms with Gasteiger partial charge in [0.15, 0.2) is 0 Å². The molecule has 1 aromatic carbocycles. The first kappa shape index (κ1) is 29.7. The van der Waals surface area contributed by atoms with E-state index in [2.05, 4.69) is 32.6 Å². The summed E-state index contributed by atoms with van der Waals surface area (Å²) in [5.74, 6) is 6.28. The standard InChI is InChI=1S/C29H32ClN5O3.FH/c1-19-16-21(11-10-20-8-6-5-7-9-20)17-31-26(19)34-27(36)25-24(30)18-32-35(25)23-14-12-22(13-15-23)33-28(37)38-29(2,3)4;/h5-9,16-18,22-23H,12-15H2,1-4H3,(H,33,37)(H,31,34,36);1H. The number of benzene rings is 1. The molecule has 0 bridgehead atoms. The molecule has 1 fully saturated rings. The summed E-state index contributed by atoms with van der Waals surface area (Å²) in [4.78, 5) is 29.8. The molecule has 8 nitrogen and oxygen atoms in total. The van der Waals surface area contributed by atoms with Crippen LogP contribution in [-0.4, -0.2) is 38.4 Å². The minimum Gasteiger partial charge on any atom is -0.444 e. The number of halogens is 2. The van der Waals surface area contributed by atoms with E-state index in [0.717, 1.165) is 42.4 Å². The van der Waals surface area contributed by atoms with E-state index >= 15 is 0 Å². The Morgan fingerprint density at radius 2 is 1.72 bits per heavy atom. The molecule has 1 aliphatic rings. The van der Waals surface area contributed by atoms with Crippen molar-refractivity contribution in [2.45, 2.75) is 71.1 Å². The van der Waals surface area contributed by atoms with E-state index in [1.807, 2.05) is 64.1 Å². The maximum Gasteiger partial charge on any atom is 0.407 e. The molecule has 1 saturated carbocycles. The van der Waals surface area contributed by atoms with Crippen LogP contribution >= 0.6 is 11.6 Å². The Morgan fingerprint density at radius 3 is 2.36 bits per heavy atom. The monoisotopic (exact) mass is 553 g/mol. The third-order valence-electron chi connectivity index (χ3n) is 6.16. The average Bonchev–Trinajstić information content (AvgIpc) is 3.25. The summed E-state index contributed by atoms with van der Waals surface area (Å²) in [6, 6.07) is 11.6. The predicted octanol–water partition coefficient (Wildman–Crippen LogP) is 6.05. The zero-order chi connectivity index (χ0) is 27.3. The van der Waals surface area contributed by atoms with Crippen LogP contribution in [0.5, 0.6) is 0 Å². The molecule has 0 saturated heterocycles. The number of nitrogens with one attached hydrogen (secondary N) is 2. The van der Waals surface area contributed by atoms with Crippen LogP contribution in [0.15, 0.2) is 48.8 Å². The van der Waals surface area contributed by atoms with E-state index in [1.165, 1.54) is 6.20 Å². The van der Waals surface area contributed by atoms with Gasteiger partial charge in [0.1, 0.15) is 17.1 Å². The number of rotatable bonds is 4. The molecule has 10 heteroatoms. The van der Waals surface area contributed by atoms with Gasteiger partial charge < -0.3 is 15.4 Å². The molecule has 2 N–H and O–H groups in total. The fourth-order valence-corrected chi connectivity index (χ4v) is 4.59. The molecule has 206 valence electrons. The SMILES string of the molecule is Cc1cc(C#Cc2ccccc2)cnc1NC(=O)c1c(Cl)cnn1C1CCC(NC(=O)OC(C)(C)C)CC1.F. The summed E-state index contributed by atoms with van der Waals surface area (Å²) in [5, 5.41) is 10.5. The molecule has 0 aliphatic heterocycles. The number of nitrogens with zero attached hydrogens (tertiary/aromatic N) is 3. The van der Waals surface area contributed by atoms with Crippen molar-refractivity contribution in [3.63, 3.8) is 0 Å². The Labute approximate surface area is 232 Å².